The normalized spacial score (nSPS) is 13.7. The zero-order valence-electron chi connectivity index (χ0n) is 13.4. The molecule has 24 heavy (non-hydrogen) atoms. The van der Waals surface area contributed by atoms with Crippen LogP contribution >= 0.6 is 0 Å². The van der Waals surface area contributed by atoms with Crippen LogP contribution in [0.2, 0.25) is 0 Å². The minimum absolute atomic E-state index is 0.200. The third-order valence-corrected chi connectivity index (χ3v) is 4.73. The van der Waals surface area contributed by atoms with Crippen molar-refractivity contribution in [1.29, 1.82) is 0 Å². The Bertz CT molecular complexity index is 913. The van der Waals surface area contributed by atoms with Gasteiger partial charge in [-0.15, -0.1) is 0 Å². The SMILES string of the molecule is O=C(Cn1c2c(c3ccccc31)CCCC2)Nc1ccccc1F. The summed E-state index contributed by atoms with van der Waals surface area (Å²) in [6.07, 6.45) is 4.41. The number of hydrogen-bond donors (Lipinski definition) is 1. The molecule has 2 aromatic carbocycles. The van der Waals surface area contributed by atoms with E-state index in [0.29, 0.717) is 0 Å². The lowest BCUT2D eigenvalue weighted by Gasteiger charge is -2.16. The van der Waals surface area contributed by atoms with Crippen LogP contribution in [0.25, 0.3) is 10.9 Å². The molecule has 0 saturated carbocycles. The number of rotatable bonds is 3. The highest BCUT2D eigenvalue weighted by Gasteiger charge is 2.21. The van der Waals surface area contributed by atoms with Crippen LogP contribution in [0.3, 0.4) is 0 Å². The maximum atomic E-state index is 13.7. The number of fused-ring (bicyclic) bond motifs is 3. The van der Waals surface area contributed by atoms with Crippen LogP contribution < -0.4 is 5.32 Å². The second-order valence-electron chi connectivity index (χ2n) is 6.26. The second kappa shape index (κ2) is 6.11. The van der Waals surface area contributed by atoms with Crippen molar-refractivity contribution in [2.75, 3.05) is 5.32 Å². The van der Waals surface area contributed by atoms with Crippen LogP contribution in [0.5, 0.6) is 0 Å². The molecule has 122 valence electrons. The van der Waals surface area contributed by atoms with Crippen molar-refractivity contribution >= 4 is 22.5 Å². The number of aryl methyl sites for hydroxylation is 1. The van der Waals surface area contributed by atoms with Gasteiger partial charge in [0, 0.05) is 16.6 Å². The van der Waals surface area contributed by atoms with Crippen LogP contribution in [0, 0.1) is 5.82 Å². The quantitative estimate of drug-likeness (QED) is 0.766. The average Bonchev–Trinajstić information content (AvgIpc) is 2.92. The van der Waals surface area contributed by atoms with Crippen molar-refractivity contribution in [3.63, 3.8) is 0 Å². The minimum Gasteiger partial charge on any atom is -0.335 e. The second-order valence-corrected chi connectivity index (χ2v) is 6.26. The van der Waals surface area contributed by atoms with Crippen LogP contribution in [0.15, 0.2) is 48.5 Å². The molecular formula is C20H19FN2O. The van der Waals surface area contributed by atoms with Crippen LogP contribution in [-0.2, 0) is 24.2 Å². The van der Waals surface area contributed by atoms with Gasteiger partial charge in [-0.3, -0.25) is 4.79 Å². The third-order valence-electron chi connectivity index (χ3n) is 4.73. The number of nitrogens with one attached hydrogen (secondary N) is 1. The summed E-state index contributed by atoms with van der Waals surface area (Å²) in [6.45, 7) is 0.212. The number of amides is 1. The first kappa shape index (κ1) is 14.9. The van der Waals surface area contributed by atoms with E-state index in [0.717, 1.165) is 24.8 Å². The summed E-state index contributed by atoms with van der Waals surface area (Å²) in [6, 6.07) is 14.5. The summed E-state index contributed by atoms with van der Waals surface area (Å²) >= 11 is 0. The topological polar surface area (TPSA) is 34.0 Å². The van der Waals surface area contributed by atoms with Crippen molar-refractivity contribution in [1.82, 2.24) is 4.57 Å². The van der Waals surface area contributed by atoms with E-state index in [1.54, 1.807) is 18.2 Å². The molecule has 4 heteroatoms. The van der Waals surface area contributed by atoms with Crippen LogP contribution in [-0.4, -0.2) is 10.5 Å². The van der Waals surface area contributed by atoms with E-state index in [1.165, 1.54) is 29.1 Å². The standard InChI is InChI=1S/C20H19FN2O/c21-16-9-3-4-10-17(16)22-20(24)13-23-18-11-5-1-7-14(18)15-8-2-6-12-19(15)23/h1,3-5,7,9-11H,2,6,8,12-13H2,(H,22,24). The number of anilines is 1. The lowest BCUT2D eigenvalue weighted by molar-refractivity contribution is -0.116. The molecule has 1 aliphatic carbocycles. The Balaban J connectivity index is 1.67. The van der Waals surface area contributed by atoms with E-state index >= 15 is 0 Å². The zero-order chi connectivity index (χ0) is 16.5. The van der Waals surface area contributed by atoms with E-state index in [1.807, 2.05) is 12.1 Å². The fraction of sp³-hybridized carbons (Fsp3) is 0.250. The molecule has 1 amide bonds. The summed E-state index contributed by atoms with van der Waals surface area (Å²) in [5.74, 6) is -0.612. The maximum Gasteiger partial charge on any atom is 0.244 e. The maximum absolute atomic E-state index is 13.7. The lowest BCUT2D eigenvalue weighted by Crippen LogP contribution is -2.21. The molecule has 1 heterocycles. The molecular weight excluding hydrogens is 303 g/mol. The number of carbonyl (C=O) groups excluding carboxylic acids is 1. The first-order chi connectivity index (χ1) is 11.7. The predicted octanol–water partition coefficient (Wildman–Crippen LogP) is 4.30. The minimum atomic E-state index is -0.412. The highest BCUT2D eigenvalue weighted by atomic mass is 19.1. The van der Waals surface area contributed by atoms with Gasteiger partial charge in [0.15, 0.2) is 0 Å². The van der Waals surface area contributed by atoms with Gasteiger partial charge >= 0.3 is 0 Å². The molecule has 1 aromatic heterocycles. The Morgan fingerprint density at radius 3 is 2.67 bits per heavy atom. The highest BCUT2D eigenvalue weighted by molar-refractivity contribution is 5.93. The number of aromatic nitrogens is 1. The number of carbonyl (C=O) groups is 1. The molecule has 0 radical (unpaired) electrons. The Kier molecular flexibility index (Phi) is 3.81. The van der Waals surface area contributed by atoms with Gasteiger partial charge in [-0.25, -0.2) is 4.39 Å². The van der Waals surface area contributed by atoms with Gasteiger partial charge < -0.3 is 9.88 Å². The lowest BCUT2D eigenvalue weighted by atomic mass is 9.96. The van der Waals surface area contributed by atoms with E-state index < -0.39 is 5.82 Å². The molecule has 3 nitrogen and oxygen atoms in total. The fourth-order valence-corrected chi connectivity index (χ4v) is 3.66. The Hall–Kier alpha value is -2.62. The summed E-state index contributed by atoms with van der Waals surface area (Å²) in [5, 5.41) is 3.93. The Morgan fingerprint density at radius 1 is 1.04 bits per heavy atom. The van der Waals surface area contributed by atoms with E-state index in [2.05, 4.69) is 22.0 Å². The number of nitrogens with zero attached hydrogens (tertiary/aromatic N) is 1. The summed E-state index contributed by atoms with van der Waals surface area (Å²) in [7, 11) is 0. The Labute approximate surface area is 140 Å². The molecule has 1 N–H and O–H groups in total. The zero-order valence-corrected chi connectivity index (χ0v) is 13.4. The molecule has 0 atom stereocenters. The molecule has 0 unspecified atom stereocenters. The predicted molar refractivity (Wildman–Crippen MR) is 93.6 cm³/mol. The number of benzene rings is 2. The Morgan fingerprint density at radius 2 is 1.79 bits per heavy atom. The molecule has 0 fully saturated rings. The van der Waals surface area contributed by atoms with Crippen LogP contribution in [0.4, 0.5) is 10.1 Å². The largest absolute Gasteiger partial charge is 0.335 e. The third kappa shape index (κ3) is 2.58. The first-order valence-corrected chi connectivity index (χ1v) is 8.37. The molecule has 0 spiro atoms. The monoisotopic (exact) mass is 322 g/mol. The van der Waals surface area contributed by atoms with E-state index in [-0.39, 0.29) is 18.1 Å². The average molecular weight is 322 g/mol. The summed E-state index contributed by atoms with van der Waals surface area (Å²) in [4.78, 5) is 12.5. The smallest absolute Gasteiger partial charge is 0.244 e. The van der Waals surface area contributed by atoms with Gasteiger partial charge in [0.2, 0.25) is 5.91 Å². The molecule has 0 aliphatic heterocycles. The molecule has 4 rings (SSSR count). The van der Waals surface area contributed by atoms with E-state index in [4.69, 9.17) is 0 Å². The molecule has 0 saturated heterocycles. The summed E-state index contributed by atoms with van der Waals surface area (Å²) < 4.78 is 15.8. The highest BCUT2D eigenvalue weighted by Crippen LogP contribution is 2.32. The molecule has 3 aromatic rings. The van der Waals surface area contributed by atoms with Crippen molar-refractivity contribution in [3.8, 4) is 0 Å². The molecule has 0 bridgehead atoms. The van der Waals surface area contributed by atoms with Gasteiger partial charge in [0.05, 0.1) is 5.69 Å². The van der Waals surface area contributed by atoms with Crippen molar-refractivity contribution in [3.05, 3.63) is 65.6 Å². The number of halogens is 1. The van der Waals surface area contributed by atoms with Gasteiger partial charge in [-0.1, -0.05) is 30.3 Å². The van der Waals surface area contributed by atoms with Crippen molar-refractivity contribution in [2.24, 2.45) is 0 Å². The van der Waals surface area contributed by atoms with Gasteiger partial charge in [-0.05, 0) is 49.4 Å². The van der Waals surface area contributed by atoms with Gasteiger partial charge in [0.25, 0.3) is 0 Å². The van der Waals surface area contributed by atoms with Gasteiger partial charge in [-0.2, -0.15) is 0 Å². The summed E-state index contributed by atoms with van der Waals surface area (Å²) in [5.41, 5.74) is 3.95. The van der Waals surface area contributed by atoms with Gasteiger partial charge in [0.1, 0.15) is 12.4 Å². The van der Waals surface area contributed by atoms with E-state index in [9.17, 15) is 9.18 Å². The van der Waals surface area contributed by atoms with Crippen molar-refractivity contribution < 1.29 is 9.18 Å². The number of para-hydroxylation sites is 2. The molecule has 1 aliphatic rings. The first-order valence-electron chi connectivity index (χ1n) is 8.37. The fourth-order valence-electron chi connectivity index (χ4n) is 3.66. The van der Waals surface area contributed by atoms with Crippen molar-refractivity contribution in [2.45, 2.75) is 32.2 Å². The van der Waals surface area contributed by atoms with Crippen LogP contribution in [0.1, 0.15) is 24.1 Å². The number of hydrogen-bond acceptors (Lipinski definition) is 1.